The van der Waals surface area contributed by atoms with Gasteiger partial charge in [-0.25, -0.2) is 13.6 Å². The van der Waals surface area contributed by atoms with Crippen molar-refractivity contribution in [1.29, 1.82) is 0 Å². The number of benzene rings is 1. The molecule has 0 unspecified atom stereocenters. The molecule has 1 aromatic rings. The van der Waals surface area contributed by atoms with Crippen LogP contribution < -0.4 is 0 Å². The van der Waals surface area contributed by atoms with Crippen molar-refractivity contribution in [2.24, 2.45) is 0 Å². The maximum atomic E-state index is 13.2. The van der Waals surface area contributed by atoms with Gasteiger partial charge in [-0.3, -0.25) is 0 Å². The van der Waals surface area contributed by atoms with Crippen molar-refractivity contribution in [1.82, 2.24) is 0 Å². The minimum Gasteiger partial charge on any atom is -0.465 e. The molecule has 1 heterocycles. The highest BCUT2D eigenvalue weighted by atomic mass is 19.3. The first-order valence-electron chi connectivity index (χ1n) is 6.03. The summed E-state index contributed by atoms with van der Waals surface area (Å²) < 4.78 is 35.7. The first-order chi connectivity index (χ1) is 9.83. The van der Waals surface area contributed by atoms with E-state index in [9.17, 15) is 28.9 Å². The molecule has 2 rings (SSSR count). The summed E-state index contributed by atoms with van der Waals surface area (Å²) in [7, 11) is 1.11. The SMILES string of the molecule is COC(=O)c1ccccc1[C@H]1O[C@H](O)[C@H](O)[C@@]1(O)C(F)F. The zero-order valence-electron chi connectivity index (χ0n) is 10.9. The van der Waals surface area contributed by atoms with E-state index < -0.39 is 36.5 Å². The Hall–Kier alpha value is -1.61. The summed E-state index contributed by atoms with van der Waals surface area (Å²) in [6.07, 6.45) is -9.40. The first-order valence-corrected chi connectivity index (χ1v) is 6.03. The zero-order valence-corrected chi connectivity index (χ0v) is 10.9. The third kappa shape index (κ3) is 2.40. The van der Waals surface area contributed by atoms with Crippen molar-refractivity contribution < 1.29 is 38.4 Å². The summed E-state index contributed by atoms with van der Waals surface area (Å²) in [5.41, 5.74) is -3.25. The number of carbonyl (C=O) groups excluding carboxylic acids is 1. The number of hydrogen-bond acceptors (Lipinski definition) is 6. The van der Waals surface area contributed by atoms with Crippen molar-refractivity contribution >= 4 is 5.97 Å². The number of rotatable bonds is 3. The van der Waals surface area contributed by atoms with Crippen LogP contribution in [0.4, 0.5) is 8.78 Å². The van der Waals surface area contributed by atoms with Crippen molar-refractivity contribution in [3.63, 3.8) is 0 Å². The molecule has 0 saturated carbocycles. The quantitative estimate of drug-likeness (QED) is 0.691. The van der Waals surface area contributed by atoms with Crippen LogP contribution in [0, 0.1) is 0 Å². The molecular weight excluding hydrogens is 290 g/mol. The van der Waals surface area contributed by atoms with Crippen molar-refractivity contribution in [2.45, 2.75) is 30.5 Å². The fraction of sp³-hybridized carbons (Fsp3) is 0.462. The van der Waals surface area contributed by atoms with Crippen LogP contribution in [0.5, 0.6) is 0 Å². The minimum absolute atomic E-state index is 0.106. The number of aliphatic hydroxyl groups is 3. The van der Waals surface area contributed by atoms with Gasteiger partial charge >= 0.3 is 5.97 Å². The second-order valence-corrected chi connectivity index (χ2v) is 4.62. The third-order valence-electron chi connectivity index (χ3n) is 3.44. The molecule has 4 atom stereocenters. The van der Waals surface area contributed by atoms with Crippen LogP contribution in [-0.2, 0) is 9.47 Å². The van der Waals surface area contributed by atoms with Crippen LogP contribution >= 0.6 is 0 Å². The lowest BCUT2D eigenvalue weighted by molar-refractivity contribution is -0.169. The van der Waals surface area contributed by atoms with Crippen molar-refractivity contribution in [3.05, 3.63) is 35.4 Å². The van der Waals surface area contributed by atoms with Gasteiger partial charge in [0.25, 0.3) is 6.43 Å². The van der Waals surface area contributed by atoms with E-state index in [1.165, 1.54) is 24.3 Å². The Balaban J connectivity index is 2.53. The molecule has 1 saturated heterocycles. The highest BCUT2D eigenvalue weighted by Crippen LogP contribution is 2.45. The number of ether oxygens (including phenoxy) is 2. The van der Waals surface area contributed by atoms with E-state index in [1.807, 2.05) is 0 Å². The van der Waals surface area contributed by atoms with Crippen molar-refractivity contribution in [2.75, 3.05) is 7.11 Å². The molecule has 1 aliphatic rings. The van der Waals surface area contributed by atoms with Crippen LogP contribution in [0.3, 0.4) is 0 Å². The standard InChI is InChI=1S/C13H14F2O6/c1-20-10(17)7-5-3-2-4-6(7)9-13(19,12(14)15)8(16)11(18)21-9/h2-5,8-9,11-12,16,18-19H,1H3/t8-,9+,11-,13-/m0/s1. The largest absolute Gasteiger partial charge is 0.465 e. The van der Waals surface area contributed by atoms with Gasteiger partial charge in [0.05, 0.1) is 12.7 Å². The Labute approximate surface area is 118 Å². The Kier molecular flexibility index (Phi) is 4.24. The Morgan fingerprint density at radius 1 is 1.38 bits per heavy atom. The molecule has 0 bridgehead atoms. The predicted molar refractivity (Wildman–Crippen MR) is 64.6 cm³/mol. The van der Waals surface area contributed by atoms with Gasteiger partial charge in [0.15, 0.2) is 11.9 Å². The number of hydrogen-bond donors (Lipinski definition) is 3. The van der Waals surface area contributed by atoms with E-state index in [4.69, 9.17) is 4.74 Å². The monoisotopic (exact) mass is 304 g/mol. The highest BCUT2D eigenvalue weighted by Gasteiger charge is 2.61. The molecule has 1 aliphatic heterocycles. The van der Waals surface area contributed by atoms with Gasteiger partial charge in [-0.05, 0) is 11.6 Å². The number of alkyl halides is 2. The molecule has 0 amide bonds. The number of aliphatic hydroxyl groups excluding tert-OH is 2. The number of methoxy groups -OCH3 is 1. The Bertz CT molecular complexity index is 537. The van der Waals surface area contributed by atoms with Crippen molar-refractivity contribution in [3.8, 4) is 0 Å². The Morgan fingerprint density at radius 2 is 2.00 bits per heavy atom. The molecule has 116 valence electrons. The number of halogens is 2. The van der Waals surface area contributed by atoms with Gasteiger partial charge < -0.3 is 24.8 Å². The van der Waals surface area contributed by atoms with E-state index in [0.717, 1.165) is 7.11 Å². The molecule has 21 heavy (non-hydrogen) atoms. The molecule has 0 radical (unpaired) electrons. The summed E-state index contributed by atoms with van der Waals surface area (Å²) in [6.45, 7) is 0. The normalized spacial score (nSPS) is 32.4. The molecule has 1 fully saturated rings. The van der Waals surface area contributed by atoms with E-state index in [0.29, 0.717) is 0 Å². The van der Waals surface area contributed by atoms with Crippen LogP contribution in [0.25, 0.3) is 0 Å². The van der Waals surface area contributed by atoms with Crippen LogP contribution in [0.2, 0.25) is 0 Å². The number of carbonyl (C=O) groups is 1. The molecule has 1 aromatic carbocycles. The predicted octanol–water partition coefficient (Wildman–Crippen LogP) is 0.220. The van der Waals surface area contributed by atoms with Crippen LogP contribution in [0.1, 0.15) is 22.0 Å². The molecule has 3 N–H and O–H groups in total. The lowest BCUT2D eigenvalue weighted by Gasteiger charge is -2.30. The lowest BCUT2D eigenvalue weighted by atomic mass is 9.86. The number of esters is 1. The maximum absolute atomic E-state index is 13.2. The second-order valence-electron chi connectivity index (χ2n) is 4.62. The summed E-state index contributed by atoms with van der Waals surface area (Å²) in [6, 6.07) is 5.48. The summed E-state index contributed by atoms with van der Waals surface area (Å²) in [5.74, 6) is -0.818. The van der Waals surface area contributed by atoms with Crippen LogP contribution in [0.15, 0.2) is 24.3 Å². The molecule has 0 aliphatic carbocycles. The molecule has 6 nitrogen and oxygen atoms in total. The summed E-state index contributed by atoms with van der Waals surface area (Å²) in [4.78, 5) is 11.7. The average Bonchev–Trinajstić information content (AvgIpc) is 2.72. The highest BCUT2D eigenvalue weighted by molar-refractivity contribution is 5.91. The topological polar surface area (TPSA) is 96.2 Å². The fourth-order valence-corrected chi connectivity index (χ4v) is 2.29. The van der Waals surface area contributed by atoms with E-state index >= 15 is 0 Å². The Morgan fingerprint density at radius 3 is 2.57 bits per heavy atom. The van der Waals surface area contributed by atoms with Gasteiger partial charge in [-0.2, -0.15) is 0 Å². The fourth-order valence-electron chi connectivity index (χ4n) is 2.29. The second kappa shape index (κ2) is 5.64. The van der Waals surface area contributed by atoms with E-state index in [-0.39, 0.29) is 11.1 Å². The molecular formula is C13H14F2O6. The van der Waals surface area contributed by atoms with Crippen LogP contribution in [-0.4, -0.2) is 52.8 Å². The zero-order chi connectivity index (χ0) is 15.8. The third-order valence-corrected chi connectivity index (χ3v) is 3.44. The minimum atomic E-state index is -3.40. The lowest BCUT2D eigenvalue weighted by Crippen LogP contribution is -2.51. The van der Waals surface area contributed by atoms with Gasteiger partial charge in [-0.15, -0.1) is 0 Å². The van der Waals surface area contributed by atoms with E-state index in [1.54, 1.807) is 0 Å². The van der Waals surface area contributed by atoms with Gasteiger partial charge in [0.2, 0.25) is 0 Å². The van der Waals surface area contributed by atoms with Gasteiger partial charge in [0, 0.05) is 0 Å². The summed E-state index contributed by atoms with van der Waals surface area (Å²) >= 11 is 0. The first kappa shape index (κ1) is 15.8. The smallest absolute Gasteiger partial charge is 0.338 e. The average molecular weight is 304 g/mol. The van der Waals surface area contributed by atoms with E-state index in [2.05, 4.69) is 4.74 Å². The molecule has 8 heteroatoms. The maximum Gasteiger partial charge on any atom is 0.338 e. The summed E-state index contributed by atoms with van der Waals surface area (Å²) in [5, 5.41) is 29.1. The van der Waals surface area contributed by atoms with Gasteiger partial charge in [0.1, 0.15) is 12.2 Å². The molecule has 0 aromatic heterocycles. The molecule has 0 spiro atoms. The van der Waals surface area contributed by atoms with Gasteiger partial charge in [-0.1, -0.05) is 18.2 Å².